The molecule has 0 spiro atoms. The Labute approximate surface area is 538 Å². The number of fused-ring (bicyclic) bond motifs is 8. The van der Waals surface area contributed by atoms with Crippen molar-refractivity contribution in [2.24, 2.45) is 52.3 Å². The highest BCUT2D eigenvalue weighted by molar-refractivity contribution is 5.27. The smallest absolute Gasteiger partial charge is 0.234 e. The molecular formula is C62H102O31. The van der Waals surface area contributed by atoms with Gasteiger partial charge in [0.15, 0.2) is 48.9 Å². The highest BCUT2D eigenvalue weighted by Crippen LogP contribution is 2.71. The molecule has 31 heteroatoms. The van der Waals surface area contributed by atoms with E-state index in [2.05, 4.69) is 20.8 Å². The molecule has 40 atom stereocenters. The lowest BCUT2D eigenvalue weighted by Crippen LogP contribution is -2.71. The number of aliphatic hydroxyl groups excluding tert-OH is 16. The maximum absolute atomic E-state index is 12.7. The van der Waals surface area contributed by atoms with Crippen LogP contribution < -0.4 is 0 Å². The van der Waals surface area contributed by atoms with E-state index in [-0.39, 0.29) is 47.2 Å². The lowest BCUT2D eigenvalue weighted by atomic mass is 9.44. The van der Waals surface area contributed by atoms with Crippen molar-refractivity contribution < 1.29 is 153 Å². The lowest BCUT2D eigenvalue weighted by molar-refractivity contribution is -0.398. The number of aliphatic hydroxyl groups is 17. The van der Waals surface area contributed by atoms with Gasteiger partial charge in [0.2, 0.25) is 5.79 Å². The Morgan fingerprint density at radius 2 is 1.20 bits per heavy atom. The summed E-state index contributed by atoms with van der Waals surface area (Å²) < 4.78 is 86.5. The maximum Gasteiger partial charge on any atom is 0.234 e. The summed E-state index contributed by atoms with van der Waals surface area (Å²) in [6, 6.07) is 0. The molecule has 93 heavy (non-hydrogen) atoms. The molecule has 0 radical (unpaired) electrons. The zero-order chi connectivity index (χ0) is 66.9. The van der Waals surface area contributed by atoms with Gasteiger partial charge in [-0.05, 0) is 111 Å². The highest BCUT2D eigenvalue weighted by Gasteiger charge is 2.87. The average molecular weight is 1340 g/mol. The second-order valence-corrected chi connectivity index (χ2v) is 29.6. The summed E-state index contributed by atoms with van der Waals surface area (Å²) in [5, 5.41) is 185. The summed E-state index contributed by atoms with van der Waals surface area (Å²) in [6.07, 6.45) is -36.2. The normalized spacial score (nSPS) is 57.3. The van der Waals surface area contributed by atoms with Crippen molar-refractivity contribution in [3.8, 4) is 0 Å². The van der Waals surface area contributed by atoms with Crippen molar-refractivity contribution in [1.29, 1.82) is 0 Å². The first-order chi connectivity index (χ1) is 44.1. The van der Waals surface area contributed by atoms with Crippen molar-refractivity contribution in [2.45, 2.75) is 288 Å². The minimum Gasteiger partial charge on any atom is -0.394 e. The van der Waals surface area contributed by atoms with Crippen LogP contribution in [0.1, 0.15) is 98.8 Å². The quantitative estimate of drug-likeness (QED) is 0.0423. The van der Waals surface area contributed by atoms with E-state index in [9.17, 15) is 86.8 Å². The summed E-state index contributed by atoms with van der Waals surface area (Å²) in [4.78, 5) is 0. The minimum absolute atomic E-state index is 0.0188. The number of methoxy groups -OCH3 is 1. The average Bonchev–Trinajstić information content (AvgIpc) is 1.50. The van der Waals surface area contributed by atoms with Gasteiger partial charge in [0.05, 0.1) is 58.0 Å². The molecule has 8 saturated heterocycles. The largest absolute Gasteiger partial charge is 0.394 e. The third kappa shape index (κ3) is 12.0. The van der Waals surface area contributed by atoms with Crippen LogP contribution in [0.4, 0.5) is 0 Å². The van der Waals surface area contributed by atoms with Gasteiger partial charge in [-0.3, -0.25) is 0 Å². The Bertz CT molecular complexity index is 2510. The summed E-state index contributed by atoms with van der Waals surface area (Å²) in [5.74, 6) is -1.93. The molecule has 8 heterocycles. The molecule has 17 N–H and O–H groups in total. The molecule has 0 aromatic carbocycles. The molecular weight excluding hydrogens is 1240 g/mol. The SMILES string of the molecule is COC1(CCC(C)COC2OC(CO)C(O)C(O)C2O)OC2CC3C4CCC5CC(OC6OC(CO)C(OC7OC(CO)C8(C9OCC(O)C(O)C9O)OC8(O)C7OC7OCC(O)C(O)C7O)C(O)C6OC6OC(C)C(O)C(O)C6O)CCC5(C)C4CCC3(C)C2[C@H]1C. The number of hydrogen-bond acceptors (Lipinski definition) is 31. The number of epoxide rings is 1. The molecule has 536 valence electrons. The van der Waals surface area contributed by atoms with Gasteiger partial charge in [0.1, 0.15) is 116 Å². The van der Waals surface area contributed by atoms with Gasteiger partial charge in [0, 0.05) is 19.4 Å². The summed E-state index contributed by atoms with van der Waals surface area (Å²) >= 11 is 0. The van der Waals surface area contributed by atoms with Crippen LogP contribution >= 0.6 is 0 Å². The minimum atomic E-state index is -2.77. The Kier molecular flexibility index (Phi) is 21.0. The zero-order valence-corrected chi connectivity index (χ0v) is 53.3. The van der Waals surface area contributed by atoms with Gasteiger partial charge in [-0.15, -0.1) is 0 Å². The van der Waals surface area contributed by atoms with Gasteiger partial charge >= 0.3 is 0 Å². The fourth-order valence-corrected chi connectivity index (χ4v) is 19.2. The first-order valence-electron chi connectivity index (χ1n) is 33.5. The standard InChI is InChI=1S/C62H102O31/c1-23(20-82-53-46(76)43(73)41(71)34(17-63)86-53)9-14-60(80-6)24(2)37-33(92-60)16-30-28-8-7-26-15-27(10-12-58(26,4)29(28)11-13-59(30,37)5)85-56-50(90-55-47(77)42(72)38(68)25(3)84-55)48(78)49(35(18-64)87-56)89-57-52(91-54-45(75)40(70)32(67)22-83-54)62(79)61(93-62,36(19-65)88-57)51-44(74)39(69)31(66)21-81-51/h23-57,63-79H,7-22H2,1-6H3/t23?,24-,25?,26?,27?,28?,29?,30?,31?,32?,33?,34?,35?,36?,37?,38?,39?,40?,41?,42?,43?,44?,45?,46?,47?,48?,49?,50?,51?,52?,53?,54?,55?,56?,57?,58?,59?,60?,61?,62?/m1/s1. The van der Waals surface area contributed by atoms with Crippen molar-refractivity contribution in [3.05, 3.63) is 0 Å². The molecule has 12 fully saturated rings. The van der Waals surface area contributed by atoms with E-state index in [1.165, 1.54) is 6.92 Å². The van der Waals surface area contributed by atoms with Gasteiger partial charge in [-0.1, -0.05) is 27.7 Å². The summed E-state index contributed by atoms with van der Waals surface area (Å²) in [5.41, 5.74) is -2.42. The van der Waals surface area contributed by atoms with Gasteiger partial charge in [-0.2, -0.15) is 0 Å². The van der Waals surface area contributed by atoms with E-state index in [0.29, 0.717) is 43.4 Å². The van der Waals surface area contributed by atoms with Crippen molar-refractivity contribution in [1.82, 2.24) is 0 Å². The highest BCUT2D eigenvalue weighted by atomic mass is 16.8. The molecule has 12 aliphatic rings. The number of rotatable bonds is 19. The van der Waals surface area contributed by atoms with Crippen LogP contribution in [0.2, 0.25) is 0 Å². The van der Waals surface area contributed by atoms with Crippen molar-refractivity contribution in [2.75, 3.05) is 46.8 Å². The maximum atomic E-state index is 12.7. The third-order valence-electron chi connectivity index (χ3n) is 24.6. The molecule has 0 amide bonds. The second kappa shape index (κ2) is 27.3. The first kappa shape index (κ1) is 71.6. The Morgan fingerprint density at radius 3 is 1.90 bits per heavy atom. The van der Waals surface area contributed by atoms with Crippen LogP contribution in [0.3, 0.4) is 0 Å². The second-order valence-electron chi connectivity index (χ2n) is 29.6. The van der Waals surface area contributed by atoms with E-state index in [0.717, 1.165) is 38.5 Å². The van der Waals surface area contributed by atoms with E-state index in [4.69, 9.17) is 66.3 Å². The molecule has 31 nitrogen and oxygen atoms in total. The van der Waals surface area contributed by atoms with Crippen molar-refractivity contribution in [3.63, 3.8) is 0 Å². The van der Waals surface area contributed by atoms with E-state index < -0.39 is 216 Å². The molecule has 4 saturated carbocycles. The van der Waals surface area contributed by atoms with E-state index in [1.807, 2.05) is 6.92 Å². The van der Waals surface area contributed by atoms with Crippen LogP contribution in [0.25, 0.3) is 0 Å². The van der Waals surface area contributed by atoms with Crippen LogP contribution in [0, 0.1) is 52.3 Å². The molecule has 4 aliphatic carbocycles. The van der Waals surface area contributed by atoms with E-state index in [1.54, 1.807) is 7.11 Å². The molecule has 0 aromatic heterocycles. The van der Waals surface area contributed by atoms with Crippen LogP contribution in [-0.2, 0) is 66.3 Å². The number of ether oxygens (including phenoxy) is 14. The monoisotopic (exact) mass is 1340 g/mol. The van der Waals surface area contributed by atoms with Crippen LogP contribution in [-0.4, -0.2) is 323 Å². The zero-order valence-electron chi connectivity index (χ0n) is 53.3. The number of hydrogen-bond donors (Lipinski definition) is 17. The molecule has 39 unspecified atom stereocenters. The summed E-state index contributed by atoms with van der Waals surface area (Å²) in [7, 11) is 1.70. The van der Waals surface area contributed by atoms with Crippen LogP contribution in [0.5, 0.6) is 0 Å². The predicted molar refractivity (Wildman–Crippen MR) is 306 cm³/mol. The molecule has 0 aromatic rings. The third-order valence-corrected chi connectivity index (χ3v) is 24.6. The topological polar surface area (TPSA) is 476 Å². The van der Waals surface area contributed by atoms with Crippen LogP contribution in [0.15, 0.2) is 0 Å². The Morgan fingerprint density at radius 1 is 0.559 bits per heavy atom. The Hall–Kier alpha value is -1.24. The fourth-order valence-electron chi connectivity index (χ4n) is 19.2. The lowest BCUT2D eigenvalue weighted by Gasteiger charge is -2.61. The van der Waals surface area contributed by atoms with Gasteiger partial charge in [-0.25, -0.2) is 0 Å². The first-order valence-corrected chi connectivity index (χ1v) is 33.5. The Balaban J connectivity index is 0.733. The van der Waals surface area contributed by atoms with Gasteiger partial charge in [0.25, 0.3) is 0 Å². The fraction of sp³-hybridized carbons (Fsp3) is 1.00. The summed E-state index contributed by atoms with van der Waals surface area (Å²) in [6.45, 7) is 7.12. The molecule has 0 bridgehead atoms. The van der Waals surface area contributed by atoms with Crippen molar-refractivity contribution >= 4 is 0 Å². The predicted octanol–water partition coefficient (Wildman–Crippen LogP) is -5.59. The van der Waals surface area contributed by atoms with E-state index >= 15 is 0 Å². The molecule has 8 aliphatic heterocycles. The molecule has 12 rings (SSSR count). The van der Waals surface area contributed by atoms with Gasteiger partial charge < -0.3 is 153 Å².